The van der Waals surface area contributed by atoms with Crippen LogP contribution in [0.2, 0.25) is 5.02 Å². The summed E-state index contributed by atoms with van der Waals surface area (Å²) in [4.78, 5) is 14.2. The molecule has 21 heavy (non-hydrogen) atoms. The second kappa shape index (κ2) is 6.63. The molecule has 0 atom stereocenters. The van der Waals surface area contributed by atoms with Gasteiger partial charge in [0.25, 0.3) is 5.91 Å². The Morgan fingerprint density at radius 1 is 1.05 bits per heavy atom. The maximum atomic E-state index is 12.3. The molecule has 1 N–H and O–H groups in total. The van der Waals surface area contributed by atoms with E-state index in [0.29, 0.717) is 6.04 Å². The molecular weight excluding hydrogens is 302 g/mol. The molecule has 1 amide bonds. The normalized spacial score (nSPS) is 15.9. The van der Waals surface area contributed by atoms with Gasteiger partial charge in [0.2, 0.25) is 0 Å². The van der Waals surface area contributed by atoms with Crippen LogP contribution in [0.4, 0.5) is 0 Å². The lowest BCUT2D eigenvalue weighted by Gasteiger charge is -2.22. The summed E-state index contributed by atoms with van der Waals surface area (Å²) in [6.07, 6.45) is 5.98. The van der Waals surface area contributed by atoms with Gasteiger partial charge in [-0.3, -0.25) is 4.79 Å². The third-order valence-corrected chi connectivity index (χ3v) is 5.28. The van der Waals surface area contributed by atoms with Gasteiger partial charge >= 0.3 is 0 Å². The van der Waals surface area contributed by atoms with Crippen molar-refractivity contribution in [2.24, 2.45) is 0 Å². The van der Waals surface area contributed by atoms with Crippen molar-refractivity contribution >= 4 is 28.8 Å². The summed E-state index contributed by atoms with van der Waals surface area (Å²) in [5, 5.41) is 3.89. The van der Waals surface area contributed by atoms with Crippen molar-refractivity contribution in [3.63, 3.8) is 0 Å². The van der Waals surface area contributed by atoms with Gasteiger partial charge < -0.3 is 5.32 Å². The van der Waals surface area contributed by atoms with Gasteiger partial charge in [0, 0.05) is 15.9 Å². The molecule has 1 heterocycles. The van der Waals surface area contributed by atoms with E-state index in [-0.39, 0.29) is 5.91 Å². The first-order valence-corrected chi connectivity index (χ1v) is 8.58. The van der Waals surface area contributed by atoms with Crippen LogP contribution < -0.4 is 5.32 Å². The zero-order valence-electron chi connectivity index (χ0n) is 11.8. The van der Waals surface area contributed by atoms with E-state index in [1.54, 1.807) is 0 Å². The average Bonchev–Trinajstić information content (AvgIpc) is 2.99. The first-order valence-electron chi connectivity index (χ1n) is 7.39. The van der Waals surface area contributed by atoms with E-state index in [0.717, 1.165) is 33.2 Å². The SMILES string of the molecule is O=C(NC1CCCCC1)c1ccc(-c2ccc(Cl)cc2)s1. The van der Waals surface area contributed by atoms with Crippen LogP contribution in [0.3, 0.4) is 0 Å². The maximum absolute atomic E-state index is 12.3. The summed E-state index contributed by atoms with van der Waals surface area (Å²) in [6, 6.07) is 12.0. The molecule has 0 spiro atoms. The first-order chi connectivity index (χ1) is 10.2. The molecular formula is C17H18ClNOS. The predicted octanol–water partition coefficient (Wildman–Crippen LogP) is 5.13. The van der Waals surface area contributed by atoms with Gasteiger partial charge in [-0.05, 0) is 42.7 Å². The Morgan fingerprint density at radius 2 is 1.76 bits per heavy atom. The highest BCUT2D eigenvalue weighted by atomic mass is 35.5. The molecule has 1 aromatic carbocycles. The Kier molecular flexibility index (Phi) is 4.61. The van der Waals surface area contributed by atoms with Crippen molar-refractivity contribution in [1.82, 2.24) is 5.32 Å². The van der Waals surface area contributed by atoms with Gasteiger partial charge in [-0.1, -0.05) is 43.0 Å². The molecule has 1 saturated carbocycles. The summed E-state index contributed by atoms with van der Waals surface area (Å²) in [5.41, 5.74) is 1.10. The van der Waals surface area contributed by atoms with E-state index < -0.39 is 0 Å². The highest BCUT2D eigenvalue weighted by Gasteiger charge is 2.17. The lowest BCUT2D eigenvalue weighted by atomic mass is 9.95. The highest BCUT2D eigenvalue weighted by Crippen LogP contribution is 2.29. The maximum Gasteiger partial charge on any atom is 0.261 e. The summed E-state index contributed by atoms with van der Waals surface area (Å²) >= 11 is 7.44. The third kappa shape index (κ3) is 3.66. The van der Waals surface area contributed by atoms with Crippen LogP contribution in [0, 0.1) is 0 Å². The average molecular weight is 320 g/mol. The van der Waals surface area contributed by atoms with Crippen LogP contribution in [0.1, 0.15) is 41.8 Å². The number of rotatable bonds is 3. The van der Waals surface area contributed by atoms with Crippen molar-refractivity contribution in [1.29, 1.82) is 0 Å². The van der Waals surface area contributed by atoms with Gasteiger partial charge in [0.05, 0.1) is 4.88 Å². The second-order valence-electron chi connectivity index (χ2n) is 5.48. The van der Waals surface area contributed by atoms with E-state index in [4.69, 9.17) is 11.6 Å². The Morgan fingerprint density at radius 3 is 2.48 bits per heavy atom. The number of nitrogens with one attached hydrogen (secondary N) is 1. The zero-order valence-corrected chi connectivity index (χ0v) is 13.3. The number of hydrogen-bond donors (Lipinski definition) is 1. The standard InChI is InChI=1S/C17H18ClNOS/c18-13-8-6-12(7-9-13)15-10-11-16(21-15)17(20)19-14-4-2-1-3-5-14/h6-11,14H,1-5H2,(H,19,20). The molecule has 0 bridgehead atoms. The van der Waals surface area contributed by atoms with Gasteiger partial charge in [-0.15, -0.1) is 11.3 Å². The summed E-state index contributed by atoms with van der Waals surface area (Å²) < 4.78 is 0. The van der Waals surface area contributed by atoms with E-state index in [1.165, 1.54) is 30.6 Å². The van der Waals surface area contributed by atoms with Crippen LogP contribution in [-0.2, 0) is 0 Å². The lowest BCUT2D eigenvalue weighted by molar-refractivity contribution is 0.0932. The van der Waals surface area contributed by atoms with E-state index in [2.05, 4.69) is 5.32 Å². The lowest BCUT2D eigenvalue weighted by Crippen LogP contribution is -2.35. The highest BCUT2D eigenvalue weighted by molar-refractivity contribution is 7.17. The van der Waals surface area contributed by atoms with Crippen molar-refractivity contribution in [2.45, 2.75) is 38.1 Å². The number of carbonyl (C=O) groups is 1. The molecule has 4 heteroatoms. The molecule has 1 aliphatic rings. The minimum atomic E-state index is 0.0621. The fourth-order valence-corrected chi connectivity index (χ4v) is 3.77. The fraction of sp³-hybridized carbons (Fsp3) is 0.353. The number of carbonyl (C=O) groups excluding carboxylic acids is 1. The minimum absolute atomic E-state index is 0.0621. The predicted molar refractivity (Wildman–Crippen MR) is 89.1 cm³/mol. The third-order valence-electron chi connectivity index (χ3n) is 3.90. The molecule has 3 rings (SSSR count). The molecule has 0 aliphatic heterocycles. The van der Waals surface area contributed by atoms with Gasteiger partial charge in [0.15, 0.2) is 0 Å². The topological polar surface area (TPSA) is 29.1 Å². The van der Waals surface area contributed by atoms with Crippen LogP contribution in [0.5, 0.6) is 0 Å². The fourth-order valence-electron chi connectivity index (χ4n) is 2.73. The Hall–Kier alpha value is -1.32. The summed E-state index contributed by atoms with van der Waals surface area (Å²) in [6.45, 7) is 0. The van der Waals surface area contributed by atoms with Crippen molar-refractivity contribution < 1.29 is 4.79 Å². The molecule has 0 unspecified atom stereocenters. The molecule has 2 nitrogen and oxygen atoms in total. The van der Waals surface area contributed by atoms with Gasteiger partial charge in [-0.25, -0.2) is 0 Å². The molecule has 1 aliphatic carbocycles. The van der Waals surface area contributed by atoms with E-state index in [1.807, 2.05) is 36.4 Å². The largest absolute Gasteiger partial charge is 0.349 e. The first kappa shape index (κ1) is 14.6. The van der Waals surface area contributed by atoms with Crippen molar-refractivity contribution in [3.05, 3.63) is 46.3 Å². The Bertz CT molecular complexity index is 614. The number of halogens is 1. The molecule has 0 saturated heterocycles. The summed E-state index contributed by atoms with van der Waals surface area (Å²) in [5.74, 6) is 0.0621. The van der Waals surface area contributed by atoms with Crippen molar-refractivity contribution in [2.75, 3.05) is 0 Å². The molecule has 110 valence electrons. The zero-order chi connectivity index (χ0) is 14.7. The van der Waals surface area contributed by atoms with Gasteiger partial charge in [0.1, 0.15) is 0 Å². The van der Waals surface area contributed by atoms with Crippen LogP contribution in [-0.4, -0.2) is 11.9 Å². The Labute approximate surface area is 134 Å². The minimum Gasteiger partial charge on any atom is -0.349 e. The second-order valence-corrected chi connectivity index (χ2v) is 7.00. The number of amides is 1. The monoisotopic (exact) mass is 319 g/mol. The molecule has 1 fully saturated rings. The van der Waals surface area contributed by atoms with Crippen molar-refractivity contribution in [3.8, 4) is 10.4 Å². The number of benzene rings is 1. The number of thiophene rings is 1. The van der Waals surface area contributed by atoms with Crippen LogP contribution in [0.25, 0.3) is 10.4 Å². The van der Waals surface area contributed by atoms with E-state index >= 15 is 0 Å². The summed E-state index contributed by atoms with van der Waals surface area (Å²) in [7, 11) is 0. The molecule has 2 aromatic rings. The van der Waals surface area contributed by atoms with Crippen LogP contribution in [0.15, 0.2) is 36.4 Å². The van der Waals surface area contributed by atoms with E-state index in [9.17, 15) is 4.79 Å². The quantitative estimate of drug-likeness (QED) is 0.834. The molecule has 0 radical (unpaired) electrons. The number of hydrogen-bond acceptors (Lipinski definition) is 2. The van der Waals surface area contributed by atoms with Crippen LogP contribution >= 0.6 is 22.9 Å². The van der Waals surface area contributed by atoms with Gasteiger partial charge in [-0.2, -0.15) is 0 Å². The Balaban J connectivity index is 1.69. The smallest absolute Gasteiger partial charge is 0.261 e. The molecule has 1 aromatic heterocycles.